The van der Waals surface area contributed by atoms with E-state index in [1.54, 1.807) is 0 Å². The molecule has 5 nitrogen and oxygen atoms in total. The summed E-state index contributed by atoms with van der Waals surface area (Å²) in [5.41, 5.74) is 1.17. The van der Waals surface area contributed by atoms with Crippen molar-refractivity contribution >= 4 is 5.96 Å². The molecule has 5 heteroatoms. The Morgan fingerprint density at radius 2 is 2.20 bits per heavy atom. The minimum atomic E-state index is 0.303. The number of terminal acetylenes is 1. The lowest BCUT2D eigenvalue weighted by Gasteiger charge is -2.08. The first kappa shape index (κ1) is 14.1. The van der Waals surface area contributed by atoms with E-state index in [2.05, 4.69) is 21.5 Å². The molecule has 1 heterocycles. The van der Waals surface area contributed by atoms with Gasteiger partial charge in [-0.1, -0.05) is 12.0 Å². The largest absolute Gasteiger partial charge is 0.454 e. The smallest absolute Gasteiger partial charge is 0.231 e. The van der Waals surface area contributed by atoms with Crippen molar-refractivity contribution in [2.45, 2.75) is 13.3 Å². The lowest BCUT2D eigenvalue weighted by atomic mass is 10.1. The van der Waals surface area contributed by atoms with Crippen LogP contribution < -0.4 is 20.1 Å². The van der Waals surface area contributed by atoms with Gasteiger partial charge in [0.25, 0.3) is 0 Å². The first-order valence-corrected chi connectivity index (χ1v) is 6.67. The molecule has 0 saturated heterocycles. The molecule has 0 fully saturated rings. The maximum atomic E-state index is 5.35. The summed E-state index contributed by atoms with van der Waals surface area (Å²) in [5, 5.41) is 6.20. The summed E-state index contributed by atoms with van der Waals surface area (Å²) in [7, 11) is 0. The maximum Gasteiger partial charge on any atom is 0.231 e. The second-order valence-electron chi connectivity index (χ2n) is 4.26. The third kappa shape index (κ3) is 3.82. The van der Waals surface area contributed by atoms with E-state index in [0.717, 1.165) is 30.4 Å². The van der Waals surface area contributed by atoms with Gasteiger partial charge in [0.05, 0.1) is 6.54 Å². The van der Waals surface area contributed by atoms with E-state index in [9.17, 15) is 0 Å². The molecular formula is C15H19N3O2. The molecular weight excluding hydrogens is 254 g/mol. The van der Waals surface area contributed by atoms with Crippen LogP contribution in [0.4, 0.5) is 0 Å². The van der Waals surface area contributed by atoms with Crippen LogP contribution in [0.15, 0.2) is 23.2 Å². The van der Waals surface area contributed by atoms with Crippen molar-refractivity contribution in [3.8, 4) is 23.8 Å². The van der Waals surface area contributed by atoms with Crippen molar-refractivity contribution in [3.63, 3.8) is 0 Å². The molecule has 1 aromatic rings. The van der Waals surface area contributed by atoms with Gasteiger partial charge in [-0.3, -0.25) is 4.99 Å². The first-order chi connectivity index (χ1) is 9.83. The van der Waals surface area contributed by atoms with Crippen molar-refractivity contribution < 1.29 is 9.47 Å². The number of nitrogens with one attached hydrogen (secondary N) is 2. The lowest BCUT2D eigenvalue weighted by Crippen LogP contribution is -2.37. The summed E-state index contributed by atoms with van der Waals surface area (Å²) in [5.74, 6) is 4.89. The van der Waals surface area contributed by atoms with Gasteiger partial charge in [-0.2, -0.15) is 0 Å². The van der Waals surface area contributed by atoms with E-state index in [1.165, 1.54) is 5.56 Å². The Morgan fingerprint density at radius 3 is 3.00 bits per heavy atom. The van der Waals surface area contributed by atoms with Gasteiger partial charge in [0.15, 0.2) is 17.5 Å². The van der Waals surface area contributed by atoms with E-state index in [4.69, 9.17) is 15.9 Å². The molecule has 0 saturated carbocycles. The summed E-state index contributed by atoms with van der Waals surface area (Å²) in [6.45, 7) is 4.28. The topological polar surface area (TPSA) is 54.9 Å². The zero-order chi connectivity index (χ0) is 14.2. The molecule has 2 rings (SSSR count). The average molecular weight is 273 g/mol. The van der Waals surface area contributed by atoms with Crippen molar-refractivity contribution in [2.75, 3.05) is 26.4 Å². The van der Waals surface area contributed by atoms with Crippen LogP contribution in [0, 0.1) is 12.3 Å². The standard InChI is InChI=1S/C15H19N3O2/c1-3-8-17-15(16-4-2)18-9-7-12-5-6-13-14(10-12)20-11-19-13/h1,5-6,10H,4,7-9,11H2,2H3,(H2,16,17,18). The number of guanidine groups is 1. The third-order valence-electron chi connectivity index (χ3n) is 2.81. The molecule has 1 aromatic carbocycles. The Kier molecular flexibility index (Phi) is 5.13. The average Bonchev–Trinajstić information content (AvgIpc) is 2.92. The number of rotatable bonds is 5. The zero-order valence-electron chi connectivity index (χ0n) is 11.6. The van der Waals surface area contributed by atoms with Gasteiger partial charge in [-0.25, -0.2) is 0 Å². The van der Waals surface area contributed by atoms with Gasteiger partial charge in [0, 0.05) is 13.1 Å². The van der Waals surface area contributed by atoms with Crippen LogP contribution >= 0.6 is 0 Å². The van der Waals surface area contributed by atoms with E-state index >= 15 is 0 Å². The highest BCUT2D eigenvalue weighted by molar-refractivity contribution is 5.79. The SMILES string of the molecule is C#CCNC(=NCCc1ccc2c(c1)OCO2)NCC. The number of benzene rings is 1. The van der Waals surface area contributed by atoms with Gasteiger partial charge < -0.3 is 20.1 Å². The summed E-state index contributed by atoms with van der Waals surface area (Å²) < 4.78 is 10.6. The minimum absolute atomic E-state index is 0.303. The number of hydrogen-bond acceptors (Lipinski definition) is 3. The van der Waals surface area contributed by atoms with Crippen LogP contribution in [-0.2, 0) is 6.42 Å². The molecule has 0 atom stereocenters. The normalized spacial score (nSPS) is 12.9. The first-order valence-electron chi connectivity index (χ1n) is 6.67. The molecule has 0 unspecified atom stereocenters. The number of fused-ring (bicyclic) bond motifs is 1. The highest BCUT2D eigenvalue weighted by Crippen LogP contribution is 2.32. The summed E-state index contributed by atoms with van der Waals surface area (Å²) in [6.07, 6.45) is 6.06. The van der Waals surface area contributed by atoms with Crippen LogP contribution in [0.5, 0.6) is 11.5 Å². The second kappa shape index (κ2) is 7.29. The number of hydrogen-bond donors (Lipinski definition) is 2. The van der Waals surface area contributed by atoms with E-state index in [1.807, 2.05) is 25.1 Å². The molecule has 0 aliphatic carbocycles. The highest BCUT2D eigenvalue weighted by atomic mass is 16.7. The van der Waals surface area contributed by atoms with Crippen LogP contribution in [0.2, 0.25) is 0 Å². The lowest BCUT2D eigenvalue weighted by molar-refractivity contribution is 0.174. The molecule has 0 radical (unpaired) electrons. The number of ether oxygens (including phenoxy) is 2. The molecule has 1 aliphatic rings. The third-order valence-corrected chi connectivity index (χ3v) is 2.81. The number of nitrogens with zero attached hydrogens (tertiary/aromatic N) is 1. The van der Waals surface area contributed by atoms with Crippen molar-refractivity contribution in [3.05, 3.63) is 23.8 Å². The predicted octanol–water partition coefficient (Wildman–Crippen LogP) is 1.15. The van der Waals surface area contributed by atoms with Gasteiger partial charge in [-0.15, -0.1) is 6.42 Å². The monoisotopic (exact) mass is 273 g/mol. The quantitative estimate of drug-likeness (QED) is 0.480. The van der Waals surface area contributed by atoms with E-state index in [0.29, 0.717) is 19.9 Å². The summed E-state index contributed by atoms with van der Waals surface area (Å²) in [6, 6.07) is 5.97. The van der Waals surface area contributed by atoms with Crippen LogP contribution in [0.1, 0.15) is 12.5 Å². The van der Waals surface area contributed by atoms with Gasteiger partial charge in [0.1, 0.15) is 0 Å². The molecule has 106 valence electrons. The highest BCUT2D eigenvalue weighted by Gasteiger charge is 2.12. The molecule has 0 aromatic heterocycles. The second-order valence-corrected chi connectivity index (χ2v) is 4.26. The Balaban J connectivity index is 1.88. The van der Waals surface area contributed by atoms with E-state index < -0.39 is 0 Å². The summed E-state index contributed by atoms with van der Waals surface area (Å²) in [4.78, 5) is 4.47. The Bertz CT molecular complexity index is 520. The Morgan fingerprint density at radius 1 is 1.35 bits per heavy atom. The van der Waals surface area contributed by atoms with Gasteiger partial charge in [0.2, 0.25) is 6.79 Å². The van der Waals surface area contributed by atoms with Gasteiger partial charge in [-0.05, 0) is 31.0 Å². The van der Waals surface area contributed by atoms with Crippen molar-refractivity contribution in [1.82, 2.24) is 10.6 Å². The fourth-order valence-electron chi connectivity index (χ4n) is 1.87. The zero-order valence-corrected chi connectivity index (χ0v) is 11.6. The Labute approximate surface area is 119 Å². The molecule has 0 amide bonds. The fourth-order valence-corrected chi connectivity index (χ4v) is 1.87. The fraction of sp³-hybridized carbons (Fsp3) is 0.400. The van der Waals surface area contributed by atoms with Crippen LogP contribution in [0.25, 0.3) is 0 Å². The van der Waals surface area contributed by atoms with Crippen LogP contribution in [0.3, 0.4) is 0 Å². The van der Waals surface area contributed by atoms with Crippen molar-refractivity contribution in [2.24, 2.45) is 4.99 Å². The molecule has 20 heavy (non-hydrogen) atoms. The molecule has 0 bridgehead atoms. The number of aliphatic imine (C=N–C) groups is 1. The summed E-state index contributed by atoms with van der Waals surface area (Å²) >= 11 is 0. The van der Waals surface area contributed by atoms with Gasteiger partial charge >= 0.3 is 0 Å². The van der Waals surface area contributed by atoms with Crippen LogP contribution in [-0.4, -0.2) is 32.4 Å². The molecule has 2 N–H and O–H groups in total. The molecule has 1 aliphatic heterocycles. The molecule has 0 spiro atoms. The Hall–Kier alpha value is -2.35. The minimum Gasteiger partial charge on any atom is -0.454 e. The predicted molar refractivity (Wildman–Crippen MR) is 79.1 cm³/mol. The maximum absolute atomic E-state index is 5.35. The van der Waals surface area contributed by atoms with E-state index in [-0.39, 0.29) is 0 Å². The van der Waals surface area contributed by atoms with Crippen molar-refractivity contribution in [1.29, 1.82) is 0 Å².